The van der Waals surface area contributed by atoms with E-state index in [0.29, 0.717) is 18.9 Å². The van der Waals surface area contributed by atoms with Crippen LogP contribution in [0.25, 0.3) is 0 Å². The van der Waals surface area contributed by atoms with Crippen molar-refractivity contribution in [1.29, 1.82) is 0 Å². The number of morpholine rings is 1. The standard InChI is InChI=1S/C19H23N3O5S/c1-14-3-4-16(11-15(14)2)20-18(23)13-21-12-17(5-6-19(21)24)28(25,26)22-7-9-27-10-8-22/h3-6,11-12H,7-10,13H2,1-2H3,(H,20,23). The molecule has 0 atom stereocenters. The number of aromatic nitrogens is 1. The maximum atomic E-state index is 12.8. The summed E-state index contributed by atoms with van der Waals surface area (Å²) in [4.78, 5) is 24.4. The number of pyridine rings is 1. The minimum atomic E-state index is -3.74. The summed E-state index contributed by atoms with van der Waals surface area (Å²) in [6, 6.07) is 7.95. The Balaban J connectivity index is 1.78. The van der Waals surface area contributed by atoms with Gasteiger partial charge in [0.25, 0.3) is 5.56 Å². The topological polar surface area (TPSA) is 97.7 Å². The fraction of sp³-hybridized carbons (Fsp3) is 0.368. The molecule has 1 saturated heterocycles. The number of ether oxygens (including phenoxy) is 1. The van der Waals surface area contributed by atoms with E-state index in [9.17, 15) is 18.0 Å². The van der Waals surface area contributed by atoms with Crippen LogP contribution in [0.2, 0.25) is 0 Å². The summed E-state index contributed by atoms with van der Waals surface area (Å²) in [5.41, 5.74) is 2.32. The average Bonchev–Trinajstić information content (AvgIpc) is 2.67. The highest BCUT2D eigenvalue weighted by atomic mass is 32.2. The maximum absolute atomic E-state index is 12.8. The van der Waals surface area contributed by atoms with Crippen molar-refractivity contribution in [3.05, 3.63) is 58.0 Å². The molecule has 2 heterocycles. The summed E-state index contributed by atoms with van der Waals surface area (Å²) in [7, 11) is -3.74. The average molecular weight is 405 g/mol. The first-order chi connectivity index (χ1) is 13.3. The van der Waals surface area contributed by atoms with Gasteiger partial charge in [0.2, 0.25) is 15.9 Å². The van der Waals surface area contributed by atoms with Crippen LogP contribution in [-0.2, 0) is 26.1 Å². The molecule has 9 heteroatoms. The molecule has 1 aromatic carbocycles. The third-order valence-electron chi connectivity index (χ3n) is 4.67. The van der Waals surface area contributed by atoms with Crippen molar-refractivity contribution < 1.29 is 17.9 Å². The van der Waals surface area contributed by atoms with Gasteiger partial charge in [-0.1, -0.05) is 6.07 Å². The van der Waals surface area contributed by atoms with Crippen LogP contribution in [0.5, 0.6) is 0 Å². The molecule has 8 nitrogen and oxygen atoms in total. The fourth-order valence-electron chi connectivity index (χ4n) is 2.90. The first-order valence-electron chi connectivity index (χ1n) is 8.93. The highest BCUT2D eigenvalue weighted by Crippen LogP contribution is 2.16. The van der Waals surface area contributed by atoms with Gasteiger partial charge in [-0.3, -0.25) is 9.59 Å². The van der Waals surface area contributed by atoms with Crippen LogP contribution >= 0.6 is 0 Å². The zero-order valence-electron chi connectivity index (χ0n) is 15.8. The highest BCUT2D eigenvalue weighted by molar-refractivity contribution is 7.89. The monoisotopic (exact) mass is 405 g/mol. The number of nitrogens with zero attached hydrogens (tertiary/aromatic N) is 2. The van der Waals surface area contributed by atoms with E-state index < -0.39 is 21.5 Å². The molecule has 1 amide bonds. The van der Waals surface area contributed by atoms with Crippen molar-refractivity contribution in [2.24, 2.45) is 0 Å². The molecule has 1 aromatic heterocycles. The van der Waals surface area contributed by atoms with Gasteiger partial charge in [-0.05, 0) is 43.2 Å². The predicted molar refractivity (Wildman–Crippen MR) is 105 cm³/mol. The lowest BCUT2D eigenvalue weighted by atomic mass is 10.1. The molecule has 0 aliphatic carbocycles. The normalized spacial score (nSPS) is 15.4. The first kappa shape index (κ1) is 20.2. The molecule has 1 fully saturated rings. The first-order valence-corrected chi connectivity index (χ1v) is 10.4. The van der Waals surface area contributed by atoms with E-state index >= 15 is 0 Å². The minimum absolute atomic E-state index is 0.0204. The van der Waals surface area contributed by atoms with Gasteiger partial charge in [0.05, 0.1) is 18.1 Å². The van der Waals surface area contributed by atoms with Gasteiger partial charge in [-0.25, -0.2) is 8.42 Å². The molecule has 28 heavy (non-hydrogen) atoms. The van der Waals surface area contributed by atoms with Crippen LogP contribution in [0.4, 0.5) is 5.69 Å². The number of hydrogen-bond acceptors (Lipinski definition) is 5. The number of anilines is 1. The van der Waals surface area contributed by atoms with Gasteiger partial charge in [-0.15, -0.1) is 0 Å². The van der Waals surface area contributed by atoms with Crippen molar-refractivity contribution in [3.8, 4) is 0 Å². The van der Waals surface area contributed by atoms with E-state index in [1.165, 1.54) is 16.6 Å². The second-order valence-electron chi connectivity index (χ2n) is 6.69. The lowest BCUT2D eigenvalue weighted by molar-refractivity contribution is -0.116. The van der Waals surface area contributed by atoms with E-state index in [1.54, 1.807) is 6.07 Å². The summed E-state index contributed by atoms with van der Waals surface area (Å²) in [6.07, 6.45) is 1.22. The van der Waals surface area contributed by atoms with Gasteiger partial charge in [-0.2, -0.15) is 4.31 Å². The van der Waals surface area contributed by atoms with E-state index in [2.05, 4.69) is 5.32 Å². The van der Waals surface area contributed by atoms with Crippen molar-refractivity contribution in [3.63, 3.8) is 0 Å². The van der Waals surface area contributed by atoms with Crippen LogP contribution in [-0.4, -0.2) is 49.5 Å². The van der Waals surface area contributed by atoms with Gasteiger partial charge < -0.3 is 14.6 Å². The number of benzene rings is 1. The lowest BCUT2D eigenvalue weighted by Gasteiger charge is -2.26. The Morgan fingerprint density at radius 1 is 1.11 bits per heavy atom. The third kappa shape index (κ3) is 4.49. The summed E-state index contributed by atoms with van der Waals surface area (Å²) < 4.78 is 33.1. The number of sulfonamides is 1. The molecule has 2 aromatic rings. The Morgan fingerprint density at radius 3 is 2.50 bits per heavy atom. The molecular weight excluding hydrogens is 382 g/mol. The quantitative estimate of drug-likeness (QED) is 0.804. The molecule has 0 saturated carbocycles. The van der Waals surface area contributed by atoms with Gasteiger partial charge >= 0.3 is 0 Å². The SMILES string of the molecule is Cc1ccc(NC(=O)Cn2cc(S(=O)(=O)N3CCOCC3)ccc2=O)cc1C. The van der Waals surface area contributed by atoms with Crippen molar-refractivity contribution in [2.75, 3.05) is 31.6 Å². The summed E-state index contributed by atoms with van der Waals surface area (Å²) in [6.45, 7) is 4.81. The van der Waals surface area contributed by atoms with Crippen molar-refractivity contribution in [1.82, 2.24) is 8.87 Å². The minimum Gasteiger partial charge on any atom is -0.379 e. The number of carbonyl (C=O) groups is 1. The number of aryl methyl sites for hydroxylation is 2. The van der Waals surface area contributed by atoms with Crippen LogP contribution < -0.4 is 10.9 Å². The van der Waals surface area contributed by atoms with E-state index in [0.717, 1.165) is 21.8 Å². The van der Waals surface area contributed by atoms with Crippen molar-refractivity contribution >= 4 is 21.6 Å². The Bertz CT molecular complexity index is 1040. The number of nitrogens with one attached hydrogen (secondary N) is 1. The number of amides is 1. The maximum Gasteiger partial charge on any atom is 0.251 e. The second kappa shape index (κ2) is 8.26. The summed E-state index contributed by atoms with van der Waals surface area (Å²) >= 11 is 0. The van der Waals surface area contributed by atoms with Crippen LogP contribution in [0.3, 0.4) is 0 Å². The zero-order chi connectivity index (χ0) is 20.3. The molecule has 1 aliphatic rings. The lowest BCUT2D eigenvalue weighted by Crippen LogP contribution is -2.41. The molecule has 3 rings (SSSR count). The Hall–Kier alpha value is -2.49. The van der Waals surface area contributed by atoms with Crippen molar-refractivity contribution in [2.45, 2.75) is 25.3 Å². The zero-order valence-corrected chi connectivity index (χ0v) is 16.7. The molecule has 1 aliphatic heterocycles. The summed E-state index contributed by atoms with van der Waals surface area (Å²) in [5, 5.41) is 2.73. The second-order valence-corrected chi connectivity index (χ2v) is 8.63. The predicted octanol–water partition coefficient (Wildman–Crippen LogP) is 1.12. The molecular formula is C19H23N3O5S. The smallest absolute Gasteiger partial charge is 0.251 e. The van der Waals surface area contributed by atoms with Crippen LogP contribution in [0.15, 0.2) is 46.2 Å². The van der Waals surface area contributed by atoms with Crippen LogP contribution in [0.1, 0.15) is 11.1 Å². The van der Waals surface area contributed by atoms with Gasteiger partial charge in [0.15, 0.2) is 0 Å². The molecule has 1 N–H and O–H groups in total. The Morgan fingerprint density at radius 2 is 1.82 bits per heavy atom. The Labute approximate surface area is 163 Å². The van der Waals surface area contributed by atoms with E-state index in [4.69, 9.17) is 4.74 Å². The fourth-order valence-corrected chi connectivity index (χ4v) is 4.32. The van der Waals surface area contributed by atoms with Gasteiger partial charge in [0, 0.05) is 31.0 Å². The highest BCUT2D eigenvalue weighted by Gasteiger charge is 2.27. The summed E-state index contributed by atoms with van der Waals surface area (Å²) in [5.74, 6) is -0.411. The molecule has 0 bridgehead atoms. The van der Waals surface area contributed by atoms with E-state index in [-0.39, 0.29) is 24.5 Å². The van der Waals surface area contributed by atoms with E-state index in [1.807, 2.05) is 26.0 Å². The molecule has 0 radical (unpaired) electrons. The molecule has 0 spiro atoms. The molecule has 0 unspecified atom stereocenters. The largest absolute Gasteiger partial charge is 0.379 e. The number of carbonyl (C=O) groups excluding carboxylic acids is 1. The third-order valence-corrected chi connectivity index (χ3v) is 6.55. The van der Waals surface area contributed by atoms with Crippen LogP contribution in [0, 0.1) is 13.8 Å². The number of rotatable bonds is 5. The van der Waals surface area contributed by atoms with Gasteiger partial charge in [0.1, 0.15) is 6.54 Å². The Kier molecular flexibility index (Phi) is 5.97. The molecule has 150 valence electrons. The number of hydrogen-bond donors (Lipinski definition) is 1.